The van der Waals surface area contributed by atoms with Crippen LogP contribution in [0.4, 0.5) is 5.69 Å². The van der Waals surface area contributed by atoms with Gasteiger partial charge in [0.25, 0.3) is 0 Å². The molecule has 0 amide bonds. The number of fused-ring (bicyclic) bond motifs is 1. The largest absolute Gasteiger partial charge is 0.391 e. The zero-order chi connectivity index (χ0) is 11.0. The Morgan fingerprint density at radius 1 is 1.40 bits per heavy atom. The van der Waals surface area contributed by atoms with Gasteiger partial charge < -0.3 is 10.4 Å². The Morgan fingerprint density at radius 3 is 2.80 bits per heavy atom. The van der Waals surface area contributed by atoms with Crippen molar-refractivity contribution >= 4 is 5.69 Å². The third-order valence-electron chi connectivity index (χ3n) is 3.14. The van der Waals surface area contributed by atoms with Gasteiger partial charge in [-0.1, -0.05) is 31.5 Å². The number of hydrogen-bond acceptors (Lipinski definition) is 2. The van der Waals surface area contributed by atoms with Crippen molar-refractivity contribution in [1.29, 1.82) is 0 Å². The molecule has 0 saturated carbocycles. The molecular weight excluding hydrogens is 186 g/mol. The van der Waals surface area contributed by atoms with Crippen molar-refractivity contribution in [2.24, 2.45) is 5.92 Å². The van der Waals surface area contributed by atoms with Crippen LogP contribution in [0.3, 0.4) is 0 Å². The van der Waals surface area contributed by atoms with Crippen LogP contribution in [0, 0.1) is 12.8 Å². The van der Waals surface area contributed by atoms with Gasteiger partial charge in [0.15, 0.2) is 0 Å². The van der Waals surface area contributed by atoms with E-state index in [1.165, 1.54) is 16.8 Å². The molecule has 1 aliphatic rings. The van der Waals surface area contributed by atoms with E-state index in [2.05, 4.69) is 44.3 Å². The van der Waals surface area contributed by atoms with E-state index < -0.39 is 0 Å². The van der Waals surface area contributed by atoms with Crippen molar-refractivity contribution in [1.82, 2.24) is 0 Å². The Kier molecular flexibility index (Phi) is 2.70. The van der Waals surface area contributed by atoms with E-state index in [0.29, 0.717) is 5.92 Å². The zero-order valence-corrected chi connectivity index (χ0v) is 9.62. The van der Waals surface area contributed by atoms with E-state index in [9.17, 15) is 5.11 Å². The molecule has 2 nitrogen and oxygen atoms in total. The highest BCUT2D eigenvalue weighted by Crippen LogP contribution is 2.28. The van der Waals surface area contributed by atoms with Gasteiger partial charge in [0, 0.05) is 12.1 Å². The Hall–Kier alpha value is -1.02. The number of rotatable bonds is 1. The van der Waals surface area contributed by atoms with Gasteiger partial charge in [-0.05, 0) is 24.5 Å². The number of aliphatic hydroxyl groups excluding tert-OH is 1. The molecule has 0 radical (unpaired) electrons. The minimum atomic E-state index is -0.265. The van der Waals surface area contributed by atoms with Crippen LogP contribution in [0.1, 0.15) is 25.0 Å². The van der Waals surface area contributed by atoms with Crippen molar-refractivity contribution in [3.8, 4) is 0 Å². The average molecular weight is 205 g/mol. The van der Waals surface area contributed by atoms with Crippen molar-refractivity contribution in [3.63, 3.8) is 0 Å². The summed E-state index contributed by atoms with van der Waals surface area (Å²) in [5.74, 6) is 0.453. The molecule has 2 rings (SSSR count). The van der Waals surface area contributed by atoms with Crippen LogP contribution in [0.2, 0.25) is 0 Å². The minimum absolute atomic E-state index is 0.181. The second-order valence-electron chi connectivity index (χ2n) is 4.85. The summed E-state index contributed by atoms with van der Waals surface area (Å²) in [7, 11) is 0. The van der Waals surface area contributed by atoms with Crippen LogP contribution >= 0.6 is 0 Å². The first kappa shape index (κ1) is 10.5. The fourth-order valence-electron chi connectivity index (χ4n) is 2.27. The molecule has 15 heavy (non-hydrogen) atoms. The maximum absolute atomic E-state index is 10.0. The van der Waals surface area contributed by atoms with Crippen LogP contribution in [-0.4, -0.2) is 17.3 Å². The van der Waals surface area contributed by atoms with E-state index in [4.69, 9.17) is 0 Å². The van der Waals surface area contributed by atoms with E-state index >= 15 is 0 Å². The summed E-state index contributed by atoms with van der Waals surface area (Å²) < 4.78 is 0. The number of nitrogens with one attached hydrogen (secondary N) is 1. The molecule has 0 bridgehead atoms. The molecule has 0 saturated heterocycles. The monoisotopic (exact) mass is 205 g/mol. The summed E-state index contributed by atoms with van der Waals surface area (Å²) in [6.45, 7) is 6.36. The molecule has 1 heterocycles. The van der Waals surface area contributed by atoms with Gasteiger partial charge in [-0.15, -0.1) is 0 Å². The van der Waals surface area contributed by atoms with E-state index in [1.807, 2.05) is 0 Å². The average Bonchev–Trinajstić information content (AvgIpc) is 2.15. The molecule has 0 fully saturated rings. The first-order valence-electron chi connectivity index (χ1n) is 5.62. The van der Waals surface area contributed by atoms with Gasteiger partial charge >= 0.3 is 0 Å². The molecule has 2 atom stereocenters. The summed E-state index contributed by atoms with van der Waals surface area (Å²) in [4.78, 5) is 0. The van der Waals surface area contributed by atoms with E-state index in [1.54, 1.807) is 0 Å². The second kappa shape index (κ2) is 3.86. The lowest BCUT2D eigenvalue weighted by Crippen LogP contribution is -2.42. The number of aliphatic hydroxyl groups is 1. The van der Waals surface area contributed by atoms with E-state index in [0.717, 1.165) is 6.42 Å². The first-order valence-corrected chi connectivity index (χ1v) is 5.62. The lowest BCUT2D eigenvalue weighted by Gasteiger charge is -2.34. The lowest BCUT2D eigenvalue weighted by molar-refractivity contribution is 0.129. The fourth-order valence-corrected chi connectivity index (χ4v) is 2.27. The zero-order valence-electron chi connectivity index (χ0n) is 9.62. The molecule has 1 aromatic rings. The Balaban J connectivity index is 2.29. The SMILES string of the molecule is Cc1ccc2c(c1)CC(O)C(C(C)C)N2. The van der Waals surface area contributed by atoms with Gasteiger partial charge in [-0.3, -0.25) is 0 Å². The predicted octanol–water partition coefficient (Wildman–Crippen LogP) is 2.35. The van der Waals surface area contributed by atoms with Crippen LogP contribution in [0.25, 0.3) is 0 Å². The molecular formula is C13H19NO. The molecule has 2 unspecified atom stereocenters. The topological polar surface area (TPSA) is 32.3 Å². The summed E-state index contributed by atoms with van der Waals surface area (Å²) in [5.41, 5.74) is 3.68. The smallest absolute Gasteiger partial charge is 0.0784 e. The normalized spacial score (nSPS) is 24.9. The molecule has 0 aliphatic carbocycles. The summed E-state index contributed by atoms with van der Waals surface area (Å²) in [5, 5.41) is 13.4. The maximum atomic E-state index is 10.0. The van der Waals surface area contributed by atoms with Crippen LogP contribution in [0.15, 0.2) is 18.2 Å². The summed E-state index contributed by atoms with van der Waals surface area (Å²) in [6, 6.07) is 6.56. The molecule has 2 N–H and O–H groups in total. The molecule has 0 aromatic heterocycles. The fraction of sp³-hybridized carbons (Fsp3) is 0.538. The predicted molar refractivity (Wildman–Crippen MR) is 63.1 cm³/mol. The number of aryl methyl sites for hydroxylation is 1. The highest BCUT2D eigenvalue weighted by atomic mass is 16.3. The Bertz CT molecular complexity index is 360. The van der Waals surface area contributed by atoms with E-state index in [-0.39, 0.29) is 12.1 Å². The Morgan fingerprint density at radius 2 is 2.13 bits per heavy atom. The molecule has 0 spiro atoms. The third-order valence-corrected chi connectivity index (χ3v) is 3.14. The minimum Gasteiger partial charge on any atom is -0.391 e. The lowest BCUT2D eigenvalue weighted by atomic mass is 9.88. The number of anilines is 1. The van der Waals surface area contributed by atoms with Gasteiger partial charge in [0.05, 0.1) is 12.1 Å². The van der Waals surface area contributed by atoms with Crippen molar-refractivity contribution in [2.75, 3.05) is 5.32 Å². The van der Waals surface area contributed by atoms with Crippen molar-refractivity contribution in [2.45, 2.75) is 39.3 Å². The molecule has 1 aliphatic heterocycles. The highest BCUT2D eigenvalue weighted by Gasteiger charge is 2.28. The standard InChI is InChI=1S/C13H19NO/c1-8(2)13-12(15)7-10-6-9(3)4-5-11(10)14-13/h4-6,8,12-15H,7H2,1-3H3. The van der Waals surface area contributed by atoms with Gasteiger partial charge in [-0.25, -0.2) is 0 Å². The second-order valence-corrected chi connectivity index (χ2v) is 4.85. The maximum Gasteiger partial charge on any atom is 0.0784 e. The van der Waals surface area contributed by atoms with Crippen LogP contribution in [0.5, 0.6) is 0 Å². The number of benzene rings is 1. The summed E-state index contributed by atoms with van der Waals surface area (Å²) in [6.07, 6.45) is 0.506. The molecule has 82 valence electrons. The van der Waals surface area contributed by atoms with Crippen LogP contribution < -0.4 is 5.32 Å². The summed E-state index contributed by atoms with van der Waals surface area (Å²) >= 11 is 0. The van der Waals surface area contributed by atoms with Crippen LogP contribution in [-0.2, 0) is 6.42 Å². The molecule has 2 heteroatoms. The quantitative estimate of drug-likeness (QED) is 0.737. The first-order chi connectivity index (χ1) is 7.08. The third kappa shape index (κ3) is 2.00. The highest BCUT2D eigenvalue weighted by molar-refractivity contribution is 5.56. The van der Waals surface area contributed by atoms with Gasteiger partial charge in [-0.2, -0.15) is 0 Å². The van der Waals surface area contributed by atoms with Gasteiger partial charge in [0.2, 0.25) is 0 Å². The van der Waals surface area contributed by atoms with Gasteiger partial charge in [0.1, 0.15) is 0 Å². The number of hydrogen-bond donors (Lipinski definition) is 2. The van der Waals surface area contributed by atoms with Crippen molar-refractivity contribution < 1.29 is 5.11 Å². The Labute approximate surface area is 91.3 Å². The van der Waals surface area contributed by atoms with Crippen molar-refractivity contribution in [3.05, 3.63) is 29.3 Å². The molecule has 1 aromatic carbocycles.